The Morgan fingerprint density at radius 3 is 2.88 bits per heavy atom. The summed E-state index contributed by atoms with van der Waals surface area (Å²) < 4.78 is 0. The largest absolute Gasteiger partial charge is 0.339 e. The molecular weight excluding hydrogens is 212 g/mol. The molecule has 0 unspecified atom stereocenters. The van der Waals surface area contributed by atoms with Gasteiger partial charge in [-0.2, -0.15) is 5.26 Å². The van der Waals surface area contributed by atoms with Crippen molar-refractivity contribution < 1.29 is 0 Å². The van der Waals surface area contributed by atoms with E-state index in [0.717, 1.165) is 16.8 Å². The number of hydrogen-bond acceptors (Lipinski definition) is 4. The molecule has 0 amide bonds. The number of hydrogen-bond donors (Lipinski definition) is 1. The van der Waals surface area contributed by atoms with Gasteiger partial charge in [0.2, 0.25) is 0 Å². The van der Waals surface area contributed by atoms with E-state index in [1.807, 2.05) is 32.0 Å². The van der Waals surface area contributed by atoms with Crippen molar-refractivity contribution in [2.24, 2.45) is 0 Å². The molecule has 1 aromatic heterocycles. The molecule has 0 bridgehead atoms. The number of nitrogens with one attached hydrogen (secondary N) is 1. The topological polar surface area (TPSA) is 61.6 Å². The van der Waals surface area contributed by atoms with Crippen molar-refractivity contribution in [2.75, 3.05) is 5.32 Å². The third-order valence-corrected chi connectivity index (χ3v) is 2.48. The average Bonchev–Trinajstić information content (AvgIpc) is 2.34. The van der Waals surface area contributed by atoms with E-state index in [2.05, 4.69) is 21.4 Å². The lowest BCUT2D eigenvalue weighted by Gasteiger charge is -2.10. The van der Waals surface area contributed by atoms with Gasteiger partial charge in [-0.15, -0.1) is 0 Å². The highest BCUT2D eigenvalue weighted by atomic mass is 15.0. The van der Waals surface area contributed by atoms with Crippen molar-refractivity contribution in [1.82, 2.24) is 9.97 Å². The van der Waals surface area contributed by atoms with Crippen LogP contribution in [0.15, 0.2) is 30.7 Å². The zero-order valence-electron chi connectivity index (χ0n) is 9.73. The maximum Gasteiger partial charge on any atom is 0.151 e. The van der Waals surface area contributed by atoms with Crippen LogP contribution >= 0.6 is 0 Å². The second-order valence-corrected chi connectivity index (χ2v) is 3.84. The van der Waals surface area contributed by atoms with Crippen molar-refractivity contribution in [3.63, 3.8) is 0 Å². The number of anilines is 2. The Kier molecular flexibility index (Phi) is 3.01. The fourth-order valence-corrected chi connectivity index (χ4v) is 1.51. The molecule has 1 heterocycles. The van der Waals surface area contributed by atoms with Gasteiger partial charge in [0.15, 0.2) is 5.82 Å². The van der Waals surface area contributed by atoms with Crippen LogP contribution in [0.1, 0.15) is 16.7 Å². The van der Waals surface area contributed by atoms with Crippen LogP contribution < -0.4 is 5.32 Å². The first-order valence-electron chi connectivity index (χ1n) is 5.25. The number of nitriles is 1. The van der Waals surface area contributed by atoms with Crippen molar-refractivity contribution in [3.05, 3.63) is 47.4 Å². The first kappa shape index (κ1) is 11.1. The van der Waals surface area contributed by atoms with E-state index in [1.165, 1.54) is 12.5 Å². The lowest BCUT2D eigenvalue weighted by molar-refractivity contribution is 1.15. The highest BCUT2D eigenvalue weighted by molar-refractivity contribution is 5.65. The van der Waals surface area contributed by atoms with E-state index >= 15 is 0 Å². The SMILES string of the molecule is Cc1ccc(C)c(Nc2ncncc2C#N)c1. The van der Waals surface area contributed by atoms with E-state index in [-0.39, 0.29) is 0 Å². The van der Waals surface area contributed by atoms with Gasteiger partial charge in [-0.05, 0) is 31.0 Å². The fraction of sp³-hybridized carbons (Fsp3) is 0.154. The van der Waals surface area contributed by atoms with Crippen molar-refractivity contribution in [2.45, 2.75) is 13.8 Å². The van der Waals surface area contributed by atoms with E-state index in [9.17, 15) is 0 Å². The smallest absolute Gasteiger partial charge is 0.151 e. The quantitative estimate of drug-likeness (QED) is 0.851. The minimum atomic E-state index is 0.438. The standard InChI is InChI=1S/C13H12N4/c1-9-3-4-10(2)12(5-9)17-13-11(6-14)7-15-8-16-13/h3-5,7-8H,1-2H3,(H,15,16,17). The maximum absolute atomic E-state index is 8.95. The van der Waals surface area contributed by atoms with Gasteiger partial charge >= 0.3 is 0 Å². The first-order valence-corrected chi connectivity index (χ1v) is 5.25. The van der Waals surface area contributed by atoms with E-state index in [1.54, 1.807) is 0 Å². The van der Waals surface area contributed by atoms with Gasteiger partial charge in [-0.25, -0.2) is 9.97 Å². The summed E-state index contributed by atoms with van der Waals surface area (Å²) >= 11 is 0. The molecule has 0 aliphatic carbocycles. The zero-order valence-corrected chi connectivity index (χ0v) is 9.73. The Hall–Kier alpha value is -2.41. The van der Waals surface area contributed by atoms with Gasteiger partial charge in [0.1, 0.15) is 18.0 Å². The van der Waals surface area contributed by atoms with E-state index < -0.39 is 0 Å². The zero-order chi connectivity index (χ0) is 12.3. The van der Waals surface area contributed by atoms with Crippen LogP contribution in [0.4, 0.5) is 11.5 Å². The molecular formula is C13H12N4. The van der Waals surface area contributed by atoms with Gasteiger partial charge in [-0.1, -0.05) is 12.1 Å². The molecule has 0 fully saturated rings. The highest BCUT2D eigenvalue weighted by Crippen LogP contribution is 2.21. The summed E-state index contributed by atoms with van der Waals surface area (Å²) in [6.45, 7) is 4.03. The molecule has 1 N–H and O–H groups in total. The molecule has 0 radical (unpaired) electrons. The molecule has 2 aromatic rings. The lowest BCUT2D eigenvalue weighted by Crippen LogP contribution is -1.99. The van der Waals surface area contributed by atoms with Crippen LogP contribution in [0.25, 0.3) is 0 Å². The van der Waals surface area contributed by atoms with Gasteiger partial charge in [0.05, 0.1) is 6.20 Å². The Labute approximate surface area is 100.0 Å². The third kappa shape index (κ3) is 2.40. The molecule has 0 saturated carbocycles. The van der Waals surface area contributed by atoms with Crippen molar-refractivity contribution in [1.29, 1.82) is 5.26 Å². The minimum absolute atomic E-state index is 0.438. The summed E-state index contributed by atoms with van der Waals surface area (Å²) in [6, 6.07) is 8.17. The molecule has 0 saturated heterocycles. The van der Waals surface area contributed by atoms with Gasteiger partial charge in [-0.3, -0.25) is 0 Å². The van der Waals surface area contributed by atoms with Crippen molar-refractivity contribution in [3.8, 4) is 6.07 Å². The number of benzene rings is 1. The van der Waals surface area contributed by atoms with E-state index in [4.69, 9.17) is 5.26 Å². The summed E-state index contributed by atoms with van der Waals surface area (Å²) in [5, 5.41) is 12.1. The predicted octanol–water partition coefficient (Wildman–Crippen LogP) is 2.71. The molecule has 0 spiro atoms. The molecule has 0 aliphatic rings. The number of aromatic nitrogens is 2. The molecule has 84 valence electrons. The van der Waals surface area contributed by atoms with Gasteiger partial charge in [0, 0.05) is 5.69 Å². The second kappa shape index (κ2) is 4.62. The van der Waals surface area contributed by atoms with Crippen LogP contribution in [-0.4, -0.2) is 9.97 Å². The summed E-state index contributed by atoms with van der Waals surface area (Å²) in [4.78, 5) is 7.90. The Morgan fingerprint density at radius 1 is 1.29 bits per heavy atom. The predicted molar refractivity (Wildman–Crippen MR) is 65.9 cm³/mol. The minimum Gasteiger partial charge on any atom is -0.339 e. The molecule has 0 aliphatic heterocycles. The van der Waals surface area contributed by atoms with Crippen LogP contribution in [0.2, 0.25) is 0 Å². The fourth-order valence-electron chi connectivity index (χ4n) is 1.51. The van der Waals surface area contributed by atoms with Crippen LogP contribution in [0.5, 0.6) is 0 Å². The molecule has 17 heavy (non-hydrogen) atoms. The van der Waals surface area contributed by atoms with E-state index in [0.29, 0.717) is 11.4 Å². The lowest BCUT2D eigenvalue weighted by atomic mass is 10.1. The van der Waals surface area contributed by atoms with Crippen LogP contribution in [0, 0.1) is 25.2 Å². The highest BCUT2D eigenvalue weighted by Gasteiger charge is 2.05. The molecule has 1 aromatic carbocycles. The van der Waals surface area contributed by atoms with Crippen molar-refractivity contribution >= 4 is 11.5 Å². The summed E-state index contributed by atoms with van der Waals surface area (Å²) in [5.41, 5.74) is 3.66. The van der Waals surface area contributed by atoms with Gasteiger partial charge < -0.3 is 5.32 Å². The summed E-state index contributed by atoms with van der Waals surface area (Å²) in [6.07, 6.45) is 2.93. The molecule has 4 heteroatoms. The Balaban J connectivity index is 2.38. The first-order chi connectivity index (χ1) is 8.20. The normalized spacial score (nSPS) is 9.71. The van der Waals surface area contributed by atoms with Gasteiger partial charge in [0.25, 0.3) is 0 Å². The number of aryl methyl sites for hydroxylation is 2. The number of rotatable bonds is 2. The average molecular weight is 224 g/mol. The molecule has 4 nitrogen and oxygen atoms in total. The summed E-state index contributed by atoms with van der Waals surface area (Å²) in [7, 11) is 0. The monoisotopic (exact) mass is 224 g/mol. The molecule has 2 rings (SSSR count). The maximum atomic E-state index is 8.95. The second-order valence-electron chi connectivity index (χ2n) is 3.84. The Morgan fingerprint density at radius 2 is 2.12 bits per heavy atom. The van der Waals surface area contributed by atoms with Crippen LogP contribution in [0.3, 0.4) is 0 Å². The third-order valence-electron chi connectivity index (χ3n) is 2.48. The Bertz CT molecular complexity index is 584. The molecule has 0 atom stereocenters. The van der Waals surface area contributed by atoms with Crippen LogP contribution in [-0.2, 0) is 0 Å². The number of nitrogens with zero attached hydrogens (tertiary/aromatic N) is 3. The summed E-state index contributed by atoms with van der Waals surface area (Å²) in [5.74, 6) is 0.538.